The number of carbonyl (C=O) groups excluding carboxylic acids is 2. The Morgan fingerprint density at radius 2 is 1.30 bits per heavy atom. The standard InChI is InChI=1S/C39H50O5/c1-3-4-11-29-43-38(40)30(2)32-20-26-37(27-21-32)44-39(41)35-18-16-33(17-19-35)34-22-24-36(25-23-34)42-28-12-7-5-6-8-13-31-14-9-10-15-31/h16-27,30-31H,3-15,28-29H2,1-2H3/t30-/m0/s1. The Morgan fingerprint density at radius 1 is 0.705 bits per heavy atom. The summed E-state index contributed by atoms with van der Waals surface area (Å²) in [6.07, 6.45) is 16.7. The number of carbonyl (C=O) groups is 2. The smallest absolute Gasteiger partial charge is 0.343 e. The molecule has 1 saturated carbocycles. The molecule has 0 aromatic heterocycles. The zero-order valence-electron chi connectivity index (χ0n) is 26.7. The van der Waals surface area contributed by atoms with Crippen LogP contribution in [0.2, 0.25) is 0 Å². The van der Waals surface area contributed by atoms with Crippen molar-refractivity contribution in [2.24, 2.45) is 5.92 Å². The number of ether oxygens (including phenoxy) is 3. The normalized spacial score (nSPS) is 13.9. The van der Waals surface area contributed by atoms with Crippen molar-refractivity contribution in [1.82, 2.24) is 0 Å². The van der Waals surface area contributed by atoms with E-state index in [4.69, 9.17) is 14.2 Å². The Labute approximate surface area is 264 Å². The zero-order chi connectivity index (χ0) is 31.0. The van der Waals surface area contributed by atoms with Gasteiger partial charge in [-0.25, -0.2) is 4.79 Å². The number of rotatable bonds is 18. The van der Waals surface area contributed by atoms with Gasteiger partial charge in [-0.2, -0.15) is 0 Å². The van der Waals surface area contributed by atoms with Crippen molar-refractivity contribution >= 4 is 11.9 Å². The minimum absolute atomic E-state index is 0.238. The van der Waals surface area contributed by atoms with Gasteiger partial charge in [0.1, 0.15) is 11.5 Å². The minimum Gasteiger partial charge on any atom is -0.494 e. The zero-order valence-corrected chi connectivity index (χ0v) is 26.7. The predicted octanol–water partition coefficient (Wildman–Crippen LogP) is 10.3. The van der Waals surface area contributed by atoms with Gasteiger partial charge in [0.05, 0.1) is 24.7 Å². The summed E-state index contributed by atoms with van der Waals surface area (Å²) in [5.74, 6) is 1.30. The molecule has 4 rings (SSSR count). The number of hydrogen-bond acceptors (Lipinski definition) is 5. The van der Waals surface area contributed by atoms with Crippen LogP contribution in [0, 0.1) is 5.92 Å². The molecule has 0 saturated heterocycles. The fraction of sp³-hybridized carbons (Fsp3) is 0.487. The molecule has 0 N–H and O–H groups in total. The van der Waals surface area contributed by atoms with Crippen molar-refractivity contribution in [3.63, 3.8) is 0 Å². The topological polar surface area (TPSA) is 61.8 Å². The Bertz CT molecular complexity index is 1260. The van der Waals surface area contributed by atoms with E-state index in [0.717, 1.165) is 60.6 Å². The molecule has 3 aromatic rings. The molecule has 0 amide bonds. The lowest BCUT2D eigenvalue weighted by molar-refractivity contribution is -0.145. The first-order valence-electron chi connectivity index (χ1n) is 16.9. The fourth-order valence-corrected chi connectivity index (χ4v) is 5.87. The van der Waals surface area contributed by atoms with Crippen LogP contribution in [0.4, 0.5) is 0 Å². The van der Waals surface area contributed by atoms with Crippen molar-refractivity contribution in [3.8, 4) is 22.6 Å². The SMILES string of the molecule is CCCCCOC(=O)[C@@H](C)c1ccc(OC(=O)c2ccc(-c3ccc(OCCCCCCCC4CCCC4)cc3)cc2)cc1. The van der Waals surface area contributed by atoms with E-state index in [1.807, 2.05) is 31.2 Å². The van der Waals surface area contributed by atoms with Crippen molar-refractivity contribution in [2.45, 2.75) is 103 Å². The van der Waals surface area contributed by atoms with Gasteiger partial charge < -0.3 is 14.2 Å². The van der Waals surface area contributed by atoms with E-state index in [2.05, 4.69) is 19.1 Å². The van der Waals surface area contributed by atoms with Gasteiger partial charge in [-0.3, -0.25) is 4.79 Å². The average molecular weight is 599 g/mol. The van der Waals surface area contributed by atoms with E-state index >= 15 is 0 Å². The lowest BCUT2D eigenvalue weighted by atomic mass is 9.99. The molecule has 1 atom stereocenters. The van der Waals surface area contributed by atoms with Gasteiger partial charge in [-0.1, -0.05) is 114 Å². The van der Waals surface area contributed by atoms with E-state index in [0.29, 0.717) is 17.9 Å². The van der Waals surface area contributed by atoms with Gasteiger partial charge >= 0.3 is 11.9 Å². The Balaban J connectivity index is 1.16. The van der Waals surface area contributed by atoms with E-state index in [-0.39, 0.29) is 11.9 Å². The molecule has 5 heteroatoms. The molecular formula is C39H50O5. The van der Waals surface area contributed by atoms with Crippen molar-refractivity contribution in [2.75, 3.05) is 13.2 Å². The molecular weight excluding hydrogens is 548 g/mol. The monoisotopic (exact) mass is 598 g/mol. The lowest BCUT2D eigenvalue weighted by Crippen LogP contribution is -2.14. The highest BCUT2D eigenvalue weighted by Gasteiger charge is 2.17. The van der Waals surface area contributed by atoms with Gasteiger partial charge in [0.15, 0.2) is 0 Å². The maximum Gasteiger partial charge on any atom is 0.343 e. The Hall–Kier alpha value is -3.60. The predicted molar refractivity (Wildman–Crippen MR) is 177 cm³/mol. The first-order chi connectivity index (χ1) is 21.5. The minimum atomic E-state index is -0.426. The maximum absolute atomic E-state index is 12.7. The molecule has 0 radical (unpaired) electrons. The third-order valence-electron chi connectivity index (χ3n) is 8.74. The van der Waals surface area contributed by atoms with Gasteiger partial charge in [-0.15, -0.1) is 0 Å². The summed E-state index contributed by atoms with van der Waals surface area (Å²) in [4.78, 5) is 25.1. The van der Waals surface area contributed by atoms with Gasteiger partial charge in [0, 0.05) is 0 Å². The molecule has 1 aliphatic carbocycles. The van der Waals surface area contributed by atoms with Crippen LogP contribution in [0.3, 0.4) is 0 Å². The molecule has 1 aliphatic rings. The van der Waals surface area contributed by atoms with Crippen LogP contribution in [0.5, 0.6) is 11.5 Å². The van der Waals surface area contributed by atoms with Crippen LogP contribution in [-0.4, -0.2) is 25.2 Å². The van der Waals surface area contributed by atoms with E-state index in [1.54, 1.807) is 36.4 Å². The van der Waals surface area contributed by atoms with Crippen molar-refractivity contribution in [1.29, 1.82) is 0 Å². The fourth-order valence-electron chi connectivity index (χ4n) is 5.87. The molecule has 1 fully saturated rings. The molecule has 44 heavy (non-hydrogen) atoms. The second-order valence-electron chi connectivity index (χ2n) is 12.2. The molecule has 236 valence electrons. The largest absolute Gasteiger partial charge is 0.494 e. The first kappa shape index (κ1) is 33.3. The molecule has 0 unspecified atom stereocenters. The number of unbranched alkanes of at least 4 members (excludes halogenated alkanes) is 6. The Kier molecular flexibility index (Phi) is 13.8. The van der Waals surface area contributed by atoms with E-state index in [1.165, 1.54) is 57.8 Å². The number of esters is 2. The van der Waals surface area contributed by atoms with E-state index in [9.17, 15) is 9.59 Å². The molecule has 0 bridgehead atoms. The maximum atomic E-state index is 12.7. The summed E-state index contributed by atoms with van der Waals surface area (Å²) in [6, 6.07) is 22.6. The molecule has 0 heterocycles. The first-order valence-corrected chi connectivity index (χ1v) is 16.9. The van der Waals surface area contributed by atoms with Gasteiger partial charge in [-0.05, 0) is 78.8 Å². The van der Waals surface area contributed by atoms with Crippen molar-refractivity contribution < 1.29 is 23.8 Å². The molecule has 3 aromatic carbocycles. The summed E-state index contributed by atoms with van der Waals surface area (Å²) in [6.45, 7) is 5.15. The highest BCUT2D eigenvalue weighted by molar-refractivity contribution is 5.91. The van der Waals surface area contributed by atoms with Crippen LogP contribution in [0.1, 0.15) is 119 Å². The molecule has 0 aliphatic heterocycles. The van der Waals surface area contributed by atoms with Crippen molar-refractivity contribution in [3.05, 3.63) is 83.9 Å². The number of benzene rings is 3. The summed E-state index contributed by atoms with van der Waals surface area (Å²) >= 11 is 0. The van der Waals surface area contributed by atoms with Gasteiger partial charge in [0.25, 0.3) is 0 Å². The molecule has 5 nitrogen and oxygen atoms in total. The summed E-state index contributed by atoms with van der Waals surface area (Å²) in [5, 5.41) is 0. The summed E-state index contributed by atoms with van der Waals surface area (Å²) < 4.78 is 16.9. The van der Waals surface area contributed by atoms with E-state index < -0.39 is 5.97 Å². The Morgan fingerprint density at radius 3 is 1.98 bits per heavy atom. The third-order valence-corrected chi connectivity index (χ3v) is 8.74. The van der Waals surface area contributed by atoms with Crippen LogP contribution >= 0.6 is 0 Å². The van der Waals surface area contributed by atoms with Gasteiger partial charge in [0.2, 0.25) is 0 Å². The summed E-state index contributed by atoms with van der Waals surface area (Å²) in [5.41, 5.74) is 3.38. The number of hydrogen-bond donors (Lipinski definition) is 0. The highest BCUT2D eigenvalue weighted by Crippen LogP contribution is 2.29. The highest BCUT2D eigenvalue weighted by atomic mass is 16.5. The van der Waals surface area contributed by atoms with Crippen LogP contribution in [0.15, 0.2) is 72.8 Å². The van der Waals surface area contributed by atoms with Crippen LogP contribution in [0.25, 0.3) is 11.1 Å². The lowest BCUT2D eigenvalue weighted by Gasteiger charge is -2.12. The second-order valence-corrected chi connectivity index (χ2v) is 12.2. The quantitative estimate of drug-likeness (QED) is 0.0828. The second kappa shape index (κ2) is 18.3. The third kappa shape index (κ3) is 10.8. The van der Waals surface area contributed by atoms with Crippen LogP contribution < -0.4 is 9.47 Å². The molecule has 0 spiro atoms. The average Bonchev–Trinajstić information content (AvgIpc) is 3.58. The van der Waals surface area contributed by atoms with Crippen LogP contribution in [-0.2, 0) is 9.53 Å². The summed E-state index contributed by atoms with van der Waals surface area (Å²) in [7, 11) is 0.